The maximum Gasteiger partial charge on any atom is 0.430 e. The lowest BCUT2D eigenvalue weighted by Gasteiger charge is -2.34. The SMILES string of the molecule is COC(=O)[C@@H](N)[C@H](C(=O)OC)N(NC(=O)OC(C)(C)C)C(=O)OC(C)(C)C. The summed E-state index contributed by atoms with van der Waals surface area (Å²) in [7, 11) is 2.08. The van der Waals surface area contributed by atoms with Crippen LogP contribution in [0, 0.1) is 0 Å². The fourth-order valence-corrected chi connectivity index (χ4v) is 1.74. The Kier molecular flexibility index (Phi) is 8.51. The third-order valence-electron chi connectivity index (χ3n) is 2.74. The minimum absolute atomic E-state index is 0.451. The van der Waals surface area contributed by atoms with Crippen molar-refractivity contribution in [3.63, 3.8) is 0 Å². The standard InChI is InChI=1S/C16H29N3O8/c1-15(2,3)26-13(22)18-19(14(23)27-16(4,5)6)10(12(21)25-8)9(17)11(20)24-7/h9-10H,17H2,1-8H3,(H,18,22)/t9-,10+/m0/s1. The molecule has 0 spiro atoms. The van der Waals surface area contributed by atoms with Crippen LogP contribution in [-0.4, -0.2) is 66.6 Å². The largest absolute Gasteiger partial charge is 0.468 e. The highest BCUT2D eigenvalue weighted by molar-refractivity contribution is 5.90. The van der Waals surface area contributed by atoms with Crippen molar-refractivity contribution in [2.45, 2.75) is 64.8 Å². The summed E-state index contributed by atoms with van der Waals surface area (Å²) >= 11 is 0. The Morgan fingerprint density at radius 1 is 0.852 bits per heavy atom. The number of hydrazine groups is 1. The monoisotopic (exact) mass is 391 g/mol. The van der Waals surface area contributed by atoms with Crippen LogP contribution >= 0.6 is 0 Å². The van der Waals surface area contributed by atoms with Gasteiger partial charge in [-0.1, -0.05) is 0 Å². The Morgan fingerprint density at radius 2 is 1.30 bits per heavy atom. The van der Waals surface area contributed by atoms with Crippen LogP contribution in [0.2, 0.25) is 0 Å². The molecule has 0 rings (SSSR count). The van der Waals surface area contributed by atoms with Crippen LogP contribution in [0.1, 0.15) is 41.5 Å². The van der Waals surface area contributed by atoms with E-state index in [4.69, 9.17) is 15.2 Å². The molecule has 0 radical (unpaired) electrons. The number of amides is 2. The van der Waals surface area contributed by atoms with Crippen molar-refractivity contribution < 1.29 is 38.1 Å². The van der Waals surface area contributed by atoms with E-state index in [1.807, 2.05) is 0 Å². The lowest BCUT2D eigenvalue weighted by Crippen LogP contribution is -2.64. The summed E-state index contributed by atoms with van der Waals surface area (Å²) in [5, 5.41) is 0.451. The van der Waals surface area contributed by atoms with Gasteiger partial charge in [-0.2, -0.15) is 5.01 Å². The van der Waals surface area contributed by atoms with Gasteiger partial charge in [-0.15, -0.1) is 0 Å². The molecule has 2 atom stereocenters. The quantitative estimate of drug-likeness (QED) is 0.401. The number of hydrogen-bond acceptors (Lipinski definition) is 9. The van der Waals surface area contributed by atoms with Crippen molar-refractivity contribution in [1.29, 1.82) is 0 Å². The highest BCUT2D eigenvalue weighted by Crippen LogP contribution is 2.15. The summed E-state index contributed by atoms with van der Waals surface area (Å²) in [5.74, 6) is -2.08. The third kappa shape index (κ3) is 8.58. The predicted molar refractivity (Wildman–Crippen MR) is 93.2 cm³/mol. The first-order valence-corrected chi connectivity index (χ1v) is 8.06. The smallest absolute Gasteiger partial charge is 0.430 e. The number of nitrogens with zero attached hydrogens (tertiary/aromatic N) is 1. The molecule has 0 aliphatic carbocycles. The first kappa shape index (κ1) is 24.4. The van der Waals surface area contributed by atoms with Crippen molar-refractivity contribution in [3.8, 4) is 0 Å². The molecule has 0 aromatic rings. The van der Waals surface area contributed by atoms with Gasteiger partial charge in [0.25, 0.3) is 0 Å². The number of nitrogens with two attached hydrogens (primary N) is 1. The van der Waals surface area contributed by atoms with E-state index in [-0.39, 0.29) is 0 Å². The first-order chi connectivity index (χ1) is 12.1. The zero-order chi connectivity index (χ0) is 21.6. The predicted octanol–water partition coefficient (Wildman–Crippen LogP) is 0.705. The highest BCUT2D eigenvalue weighted by Gasteiger charge is 2.43. The molecule has 0 bridgehead atoms. The molecule has 2 amide bonds. The van der Waals surface area contributed by atoms with Crippen molar-refractivity contribution in [2.75, 3.05) is 14.2 Å². The molecule has 0 aliphatic heterocycles. The van der Waals surface area contributed by atoms with E-state index in [1.165, 1.54) is 0 Å². The molecule has 11 heteroatoms. The summed E-state index contributed by atoms with van der Waals surface area (Å²) < 4.78 is 19.4. The molecule has 0 saturated heterocycles. The summed E-state index contributed by atoms with van der Waals surface area (Å²) in [5.41, 5.74) is 5.95. The number of carbonyl (C=O) groups is 4. The molecule has 0 aliphatic rings. The van der Waals surface area contributed by atoms with E-state index in [2.05, 4.69) is 14.9 Å². The molecule has 0 fully saturated rings. The van der Waals surface area contributed by atoms with Crippen LogP contribution in [0.25, 0.3) is 0 Å². The topological polar surface area (TPSA) is 146 Å². The second-order valence-corrected chi connectivity index (χ2v) is 7.48. The molecule has 0 unspecified atom stereocenters. The van der Waals surface area contributed by atoms with Gasteiger partial charge in [-0.25, -0.2) is 19.8 Å². The number of rotatable bonds is 4. The Balaban J connectivity index is 5.92. The lowest BCUT2D eigenvalue weighted by atomic mass is 10.1. The molecule has 11 nitrogen and oxygen atoms in total. The van der Waals surface area contributed by atoms with Crippen LogP contribution in [0.5, 0.6) is 0 Å². The number of carbonyl (C=O) groups excluding carboxylic acids is 4. The summed E-state index contributed by atoms with van der Waals surface area (Å²) in [6.07, 6.45) is -2.22. The average Bonchev–Trinajstić information content (AvgIpc) is 2.49. The normalized spacial score (nSPS) is 13.7. The number of methoxy groups -OCH3 is 2. The van der Waals surface area contributed by atoms with Gasteiger partial charge in [-0.3, -0.25) is 4.79 Å². The highest BCUT2D eigenvalue weighted by atomic mass is 16.6. The maximum atomic E-state index is 12.6. The van der Waals surface area contributed by atoms with Gasteiger partial charge < -0.3 is 24.7 Å². The van der Waals surface area contributed by atoms with Gasteiger partial charge in [0.15, 0.2) is 6.04 Å². The van der Waals surface area contributed by atoms with Gasteiger partial charge in [0.05, 0.1) is 14.2 Å². The summed E-state index contributed by atoms with van der Waals surface area (Å²) in [6.45, 7) is 9.52. The fourth-order valence-electron chi connectivity index (χ4n) is 1.74. The van der Waals surface area contributed by atoms with Crippen LogP contribution in [-0.2, 0) is 28.5 Å². The summed E-state index contributed by atoms with van der Waals surface area (Å²) in [6, 6.07) is -3.42. The minimum atomic E-state index is -1.76. The number of hydrogen-bond donors (Lipinski definition) is 2. The Labute approximate surface area is 158 Å². The van der Waals surface area contributed by atoms with Gasteiger partial charge in [-0.05, 0) is 41.5 Å². The molecule has 0 aromatic heterocycles. The molecular formula is C16H29N3O8. The zero-order valence-electron chi connectivity index (χ0n) is 16.9. The number of ether oxygens (including phenoxy) is 4. The van der Waals surface area contributed by atoms with Crippen molar-refractivity contribution in [2.24, 2.45) is 5.73 Å². The van der Waals surface area contributed by atoms with E-state index in [0.717, 1.165) is 14.2 Å². The van der Waals surface area contributed by atoms with Crippen molar-refractivity contribution in [3.05, 3.63) is 0 Å². The minimum Gasteiger partial charge on any atom is -0.468 e. The summed E-state index contributed by atoms with van der Waals surface area (Å²) in [4.78, 5) is 48.7. The zero-order valence-corrected chi connectivity index (χ0v) is 16.9. The van der Waals surface area contributed by atoms with Crippen LogP contribution in [0.3, 0.4) is 0 Å². The second-order valence-electron chi connectivity index (χ2n) is 7.48. The first-order valence-electron chi connectivity index (χ1n) is 8.06. The molecule has 3 N–H and O–H groups in total. The second kappa shape index (κ2) is 9.40. The average molecular weight is 391 g/mol. The third-order valence-corrected chi connectivity index (χ3v) is 2.74. The van der Waals surface area contributed by atoms with E-state index in [9.17, 15) is 19.2 Å². The molecule has 0 aromatic carbocycles. The van der Waals surface area contributed by atoms with Gasteiger partial charge in [0, 0.05) is 0 Å². The number of nitrogens with one attached hydrogen (secondary N) is 1. The van der Waals surface area contributed by atoms with Gasteiger partial charge >= 0.3 is 24.1 Å². The Morgan fingerprint density at radius 3 is 1.67 bits per heavy atom. The van der Waals surface area contributed by atoms with Crippen molar-refractivity contribution in [1.82, 2.24) is 10.4 Å². The van der Waals surface area contributed by atoms with E-state index < -0.39 is 47.4 Å². The Hall–Kier alpha value is -2.56. The molecular weight excluding hydrogens is 362 g/mol. The molecule has 156 valence electrons. The van der Waals surface area contributed by atoms with Gasteiger partial charge in [0.2, 0.25) is 0 Å². The van der Waals surface area contributed by atoms with Crippen molar-refractivity contribution >= 4 is 24.1 Å². The van der Waals surface area contributed by atoms with E-state index in [0.29, 0.717) is 5.01 Å². The maximum absolute atomic E-state index is 12.6. The fraction of sp³-hybridized carbons (Fsp3) is 0.750. The van der Waals surface area contributed by atoms with Crippen LogP contribution < -0.4 is 11.2 Å². The van der Waals surface area contributed by atoms with Crippen LogP contribution in [0.15, 0.2) is 0 Å². The van der Waals surface area contributed by atoms with Crippen LogP contribution in [0.4, 0.5) is 9.59 Å². The number of esters is 2. The van der Waals surface area contributed by atoms with E-state index in [1.54, 1.807) is 41.5 Å². The van der Waals surface area contributed by atoms with Gasteiger partial charge in [0.1, 0.15) is 17.2 Å². The molecule has 0 saturated carbocycles. The molecule has 0 heterocycles. The molecule has 27 heavy (non-hydrogen) atoms. The Bertz CT molecular complexity index is 565. The lowest BCUT2D eigenvalue weighted by molar-refractivity contribution is -0.156. The van der Waals surface area contributed by atoms with E-state index >= 15 is 0 Å².